The minimum absolute atomic E-state index is 1.25. The van der Waals surface area contributed by atoms with Crippen LogP contribution in [-0.4, -0.2) is 0 Å². The van der Waals surface area contributed by atoms with Gasteiger partial charge in [0.1, 0.15) is 0 Å². The molecule has 90 valence electrons. The average Bonchev–Trinajstić information content (AvgIpc) is 2.29. The van der Waals surface area contributed by atoms with Crippen molar-refractivity contribution >= 4 is 0 Å². The van der Waals surface area contributed by atoms with Crippen LogP contribution in [0.1, 0.15) is 62.6 Å². The highest BCUT2D eigenvalue weighted by atomic mass is 14.1. The summed E-state index contributed by atoms with van der Waals surface area (Å²) in [5.74, 6) is 0. The van der Waals surface area contributed by atoms with E-state index in [1.807, 2.05) is 0 Å². The molecule has 0 aromatic heterocycles. The van der Waals surface area contributed by atoms with Crippen LogP contribution in [0.2, 0.25) is 0 Å². The first-order valence-corrected chi connectivity index (χ1v) is 6.87. The van der Waals surface area contributed by atoms with E-state index in [1.54, 1.807) is 11.1 Å². The molecule has 0 N–H and O–H groups in total. The zero-order chi connectivity index (χ0) is 11.8. The van der Waals surface area contributed by atoms with Crippen LogP contribution < -0.4 is 0 Å². The van der Waals surface area contributed by atoms with E-state index in [4.69, 9.17) is 0 Å². The second-order valence-corrected chi connectivity index (χ2v) is 4.77. The van der Waals surface area contributed by atoms with Crippen LogP contribution in [0.15, 0.2) is 18.2 Å². The highest BCUT2D eigenvalue weighted by molar-refractivity contribution is 5.34. The summed E-state index contributed by atoms with van der Waals surface area (Å²) in [6.07, 6.45) is 9.23. The van der Waals surface area contributed by atoms with Crippen molar-refractivity contribution in [2.45, 2.75) is 65.7 Å². The van der Waals surface area contributed by atoms with Gasteiger partial charge >= 0.3 is 0 Å². The molecule has 0 aliphatic heterocycles. The zero-order valence-electron chi connectivity index (χ0n) is 11.2. The summed E-state index contributed by atoms with van der Waals surface area (Å²) >= 11 is 0. The van der Waals surface area contributed by atoms with Crippen LogP contribution in [-0.2, 0) is 12.8 Å². The SMILES string of the molecule is CCCCCCc1cccc(C)c1CCC. The maximum absolute atomic E-state index is 2.32. The number of hydrogen-bond donors (Lipinski definition) is 0. The summed E-state index contributed by atoms with van der Waals surface area (Å²) in [5.41, 5.74) is 4.69. The van der Waals surface area contributed by atoms with Gasteiger partial charge in [-0.25, -0.2) is 0 Å². The molecule has 1 aromatic carbocycles. The number of unbranched alkanes of at least 4 members (excludes halogenated alkanes) is 3. The summed E-state index contributed by atoms with van der Waals surface area (Å²) in [7, 11) is 0. The van der Waals surface area contributed by atoms with Crippen LogP contribution in [0.3, 0.4) is 0 Å². The van der Waals surface area contributed by atoms with Crippen LogP contribution in [0.25, 0.3) is 0 Å². The minimum Gasteiger partial charge on any atom is -0.0654 e. The summed E-state index contributed by atoms with van der Waals surface area (Å²) in [4.78, 5) is 0. The first-order chi connectivity index (χ1) is 7.79. The smallest absolute Gasteiger partial charge is 0.0276 e. The van der Waals surface area contributed by atoms with Crippen molar-refractivity contribution in [3.8, 4) is 0 Å². The fourth-order valence-corrected chi connectivity index (χ4v) is 2.35. The Hall–Kier alpha value is -0.780. The van der Waals surface area contributed by atoms with Crippen LogP contribution in [0.5, 0.6) is 0 Å². The molecule has 0 spiro atoms. The third-order valence-electron chi connectivity index (χ3n) is 3.31. The molecule has 0 unspecified atom stereocenters. The normalized spacial score (nSPS) is 10.7. The van der Waals surface area contributed by atoms with Crippen molar-refractivity contribution in [1.29, 1.82) is 0 Å². The fourth-order valence-electron chi connectivity index (χ4n) is 2.35. The number of hydrogen-bond acceptors (Lipinski definition) is 0. The molecule has 0 fully saturated rings. The highest BCUT2D eigenvalue weighted by Crippen LogP contribution is 2.18. The topological polar surface area (TPSA) is 0 Å². The number of aryl methyl sites for hydroxylation is 2. The first-order valence-electron chi connectivity index (χ1n) is 6.87. The Balaban J connectivity index is 2.59. The van der Waals surface area contributed by atoms with Gasteiger partial charge in [-0.05, 0) is 42.9 Å². The highest BCUT2D eigenvalue weighted by Gasteiger charge is 2.04. The van der Waals surface area contributed by atoms with Gasteiger partial charge in [0.25, 0.3) is 0 Å². The Morgan fingerprint density at radius 1 is 0.875 bits per heavy atom. The maximum Gasteiger partial charge on any atom is -0.0276 e. The Kier molecular flexibility index (Phi) is 6.22. The molecule has 0 radical (unpaired) electrons. The van der Waals surface area contributed by atoms with E-state index >= 15 is 0 Å². The lowest BCUT2D eigenvalue weighted by Gasteiger charge is -2.11. The lowest BCUT2D eigenvalue weighted by Crippen LogP contribution is -1.97. The average molecular weight is 218 g/mol. The molecule has 1 rings (SSSR count). The van der Waals surface area contributed by atoms with E-state index in [-0.39, 0.29) is 0 Å². The van der Waals surface area contributed by atoms with Gasteiger partial charge in [-0.3, -0.25) is 0 Å². The van der Waals surface area contributed by atoms with Crippen molar-refractivity contribution in [2.24, 2.45) is 0 Å². The molecule has 1 aromatic rings. The summed E-state index contributed by atoms with van der Waals surface area (Å²) in [5, 5.41) is 0. The van der Waals surface area contributed by atoms with E-state index in [9.17, 15) is 0 Å². The second-order valence-electron chi connectivity index (χ2n) is 4.77. The van der Waals surface area contributed by atoms with Gasteiger partial charge < -0.3 is 0 Å². The molecule has 0 heteroatoms. The van der Waals surface area contributed by atoms with E-state index in [0.29, 0.717) is 0 Å². The number of benzene rings is 1. The lowest BCUT2D eigenvalue weighted by molar-refractivity contribution is 0.663. The second kappa shape index (κ2) is 7.49. The molecule has 0 bridgehead atoms. The van der Waals surface area contributed by atoms with Crippen molar-refractivity contribution in [3.63, 3.8) is 0 Å². The largest absolute Gasteiger partial charge is 0.0654 e. The Labute approximate surface area is 101 Å². The van der Waals surface area contributed by atoms with Gasteiger partial charge in [0.05, 0.1) is 0 Å². The maximum atomic E-state index is 2.32. The van der Waals surface area contributed by atoms with Gasteiger partial charge in [-0.15, -0.1) is 0 Å². The summed E-state index contributed by atoms with van der Waals surface area (Å²) in [6, 6.07) is 6.79. The molecule has 0 aliphatic rings. The Morgan fingerprint density at radius 3 is 2.38 bits per heavy atom. The standard InChI is InChI=1S/C16H26/c1-4-6-7-8-12-15-13-9-11-14(3)16(15)10-5-2/h9,11,13H,4-8,10,12H2,1-3H3. The van der Waals surface area contributed by atoms with Gasteiger partial charge in [0, 0.05) is 0 Å². The van der Waals surface area contributed by atoms with Crippen molar-refractivity contribution < 1.29 is 0 Å². The monoisotopic (exact) mass is 218 g/mol. The van der Waals surface area contributed by atoms with Gasteiger partial charge in [-0.2, -0.15) is 0 Å². The van der Waals surface area contributed by atoms with Gasteiger partial charge in [-0.1, -0.05) is 57.7 Å². The molecule has 0 saturated heterocycles. The van der Waals surface area contributed by atoms with Crippen LogP contribution in [0.4, 0.5) is 0 Å². The van der Waals surface area contributed by atoms with Crippen molar-refractivity contribution in [3.05, 3.63) is 34.9 Å². The molecule has 0 saturated carbocycles. The molecular formula is C16H26. The van der Waals surface area contributed by atoms with E-state index < -0.39 is 0 Å². The summed E-state index contributed by atoms with van der Waals surface area (Å²) in [6.45, 7) is 6.79. The van der Waals surface area contributed by atoms with Crippen molar-refractivity contribution in [1.82, 2.24) is 0 Å². The predicted molar refractivity (Wildman–Crippen MR) is 73.0 cm³/mol. The Bertz CT molecular complexity index is 299. The predicted octanol–water partition coefficient (Wildman–Crippen LogP) is 5.07. The first kappa shape index (κ1) is 13.3. The molecule has 0 nitrogen and oxygen atoms in total. The summed E-state index contributed by atoms with van der Waals surface area (Å²) < 4.78 is 0. The molecule has 0 aliphatic carbocycles. The molecule has 0 amide bonds. The van der Waals surface area contributed by atoms with E-state index in [0.717, 1.165) is 0 Å². The minimum atomic E-state index is 1.25. The lowest BCUT2D eigenvalue weighted by atomic mass is 9.94. The molecule has 0 atom stereocenters. The van der Waals surface area contributed by atoms with Crippen LogP contribution >= 0.6 is 0 Å². The quantitative estimate of drug-likeness (QED) is 0.560. The molecular weight excluding hydrogens is 192 g/mol. The van der Waals surface area contributed by atoms with Gasteiger partial charge in [0.2, 0.25) is 0 Å². The van der Waals surface area contributed by atoms with E-state index in [2.05, 4.69) is 39.0 Å². The van der Waals surface area contributed by atoms with E-state index in [1.165, 1.54) is 50.5 Å². The number of rotatable bonds is 7. The van der Waals surface area contributed by atoms with Crippen molar-refractivity contribution in [2.75, 3.05) is 0 Å². The third-order valence-corrected chi connectivity index (χ3v) is 3.31. The molecule has 16 heavy (non-hydrogen) atoms. The fraction of sp³-hybridized carbons (Fsp3) is 0.625. The molecule has 0 heterocycles. The van der Waals surface area contributed by atoms with Crippen LogP contribution in [0, 0.1) is 6.92 Å². The van der Waals surface area contributed by atoms with Gasteiger partial charge in [0.15, 0.2) is 0 Å². The Morgan fingerprint density at radius 2 is 1.69 bits per heavy atom. The zero-order valence-corrected chi connectivity index (χ0v) is 11.2. The third kappa shape index (κ3) is 4.00.